The van der Waals surface area contributed by atoms with E-state index in [0.29, 0.717) is 12.1 Å². The van der Waals surface area contributed by atoms with Crippen LogP contribution < -0.4 is 5.32 Å². The summed E-state index contributed by atoms with van der Waals surface area (Å²) in [6.45, 7) is 4.42. The van der Waals surface area contributed by atoms with Crippen molar-refractivity contribution in [1.29, 1.82) is 0 Å². The highest BCUT2D eigenvalue weighted by Gasteiger charge is 2.24. The number of H-pyrrole nitrogens is 1. The first-order valence-corrected chi connectivity index (χ1v) is 5.51. The predicted octanol–water partition coefficient (Wildman–Crippen LogP) is 2.25. The largest absolute Gasteiger partial charge is 0.347 e. The Labute approximate surface area is 85.3 Å². The van der Waals surface area contributed by atoms with E-state index in [-0.39, 0.29) is 0 Å². The van der Waals surface area contributed by atoms with Gasteiger partial charge in [-0.3, -0.25) is 0 Å². The van der Waals surface area contributed by atoms with E-state index in [1.807, 2.05) is 6.20 Å². The maximum atomic E-state index is 4.25. The minimum Gasteiger partial charge on any atom is -0.347 e. The molecule has 0 amide bonds. The molecule has 78 valence electrons. The Kier molecular flexibility index (Phi) is 2.87. The molecule has 0 saturated heterocycles. The molecule has 0 spiro atoms. The van der Waals surface area contributed by atoms with Crippen molar-refractivity contribution in [3.8, 4) is 0 Å². The van der Waals surface area contributed by atoms with Crippen LogP contribution in [-0.4, -0.2) is 16.0 Å². The van der Waals surface area contributed by atoms with Gasteiger partial charge in [0.05, 0.1) is 6.04 Å². The summed E-state index contributed by atoms with van der Waals surface area (Å²) < 4.78 is 0. The molecule has 1 aliphatic carbocycles. The van der Waals surface area contributed by atoms with Crippen LogP contribution in [0.4, 0.5) is 0 Å². The Hall–Kier alpha value is -0.830. The number of rotatable bonds is 5. The zero-order valence-electron chi connectivity index (χ0n) is 8.96. The van der Waals surface area contributed by atoms with Crippen molar-refractivity contribution in [2.45, 2.75) is 45.2 Å². The second kappa shape index (κ2) is 4.13. The molecule has 14 heavy (non-hydrogen) atoms. The minimum absolute atomic E-state index is 0.332. The van der Waals surface area contributed by atoms with Gasteiger partial charge in [-0.25, -0.2) is 4.98 Å². The monoisotopic (exact) mass is 193 g/mol. The summed E-state index contributed by atoms with van der Waals surface area (Å²) in [5.74, 6) is 2.02. The Morgan fingerprint density at radius 2 is 2.36 bits per heavy atom. The first kappa shape index (κ1) is 9.71. The topological polar surface area (TPSA) is 40.7 Å². The lowest BCUT2D eigenvalue weighted by Gasteiger charge is -2.18. The highest BCUT2D eigenvalue weighted by molar-refractivity contribution is 4.94. The smallest absolute Gasteiger partial charge is 0.122 e. The van der Waals surface area contributed by atoms with Gasteiger partial charge in [0.25, 0.3) is 0 Å². The van der Waals surface area contributed by atoms with Crippen LogP contribution in [0.15, 0.2) is 12.4 Å². The van der Waals surface area contributed by atoms with E-state index in [1.165, 1.54) is 19.3 Å². The van der Waals surface area contributed by atoms with Crippen LogP contribution in [0.25, 0.3) is 0 Å². The second-order valence-corrected chi connectivity index (χ2v) is 4.44. The number of imidazole rings is 1. The number of nitrogens with zero attached hydrogens (tertiary/aromatic N) is 1. The van der Waals surface area contributed by atoms with E-state index in [0.717, 1.165) is 11.7 Å². The highest BCUT2D eigenvalue weighted by atomic mass is 15.0. The molecular formula is C11H19N3. The van der Waals surface area contributed by atoms with Gasteiger partial charge in [0.1, 0.15) is 5.82 Å². The molecule has 1 aliphatic rings. The van der Waals surface area contributed by atoms with Crippen molar-refractivity contribution in [2.24, 2.45) is 5.92 Å². The molecule has 2 rings (SSSR count). The van der Waals surface area contributed by atoms with Gasteiger partial charge >= 0.3 is 0 Å². The first-order valence-electron chi connectivity index (χ1n) is 5.51. The first-order chi connectivity index (χ1) is 6.75. The summed E-state index contributed by atoms with van der Waals surface area (Å²) in [5.41, 5.74) is 0. The van der Waals surface area contributed by atoms with E-state index in [4.69, 9.17) is 0 Å². The third-order valence-electron chi connectivity index (χ3n) is 2.85. The lowest BCUT2D eigenvalue weighted by molar-refractivity contribution is 0.429. The van der Waals surface area contributed by atoms with Crippen molar-refractivity contribution >= 4 is 0 Å². The van der Waals surface area contributed by atoms with Crippen LogP contribution in [0.2, 0.25) is 0 Å². The standard InChI is InChI=1S/C11H19N3/c1-8(7-10-3-4-10)14-9(2)11-12-5-6-13-11/h5-6,8-10,14H,3-4,7H2,1-2H3,(H,12,13). The molecule has 3 nitrogen and oxygen atoms in total. The SMILES string of the molecule is CC(CC1CC1)NC(C)c1ncc[nH]1. The summed E-state index contributed by atoms with van der Waals surface area (Å²) >= 11 is 0. The van der Waals surface area contributed by atoms with Crippen molar-refractivity contribution in [3.05, 3.63) is 18.2 Å². The fraction of sp³-hybridized carbons (Fsp3) is 0.727. The lowest BCUT2D eigenvalue weighted by atomic mass is 10.1. The molecule has 2 atom stereocenters. The fourth-order valence-corrected chi connectivity index (χ4v) is 1.94. The number of nitrogens with one attached hydrogen (secondary N) is 2. The van der Waals surface area contributed by atoms with E-state index in [9.17, 15) is 0 Å². The number of aromatic amines is 1. The van der Waals surface area contributed by atoms with Gasteiger partial charge in [0.2, 0.25) is 0 Å². The van der Waals surface area contributed by atoms with Crippen molar-refractivity contribution in [2.75, 3.05) is 0 Å². The Bertz CT molecular complexity index is 264. The Morgan fingerprint density at radius 1 is 1.57 bits per heavy atom. The van der Waals surface area contributed by atoms with Crippen LogP contribution in [-0.2, 0) is 0 Å². The fourth-order valence-electron chi connectivity index (χ4n) is 1.94. The Balaban J connectivity index is 1.78. The molecule has 0 aliphatic heterocycles. The molecular weight excluding hydrogens is 174 g/mol. The third kappa shape index (κ3) is 2.58. The summed E-state index contributed by atoms with van der Waals surface area (Å²) in [4.78, 5) is 7.38. The van der Waals surface area contributed by atoms with Gasteiger partial charge < -0.3 is 10.3 Å². The van der Waals surface area contributed by atoms with Gasteiger partial charge in [-0.2, -0.15) is 0 Å². The van der Waals surface area contributed by atoms with Gasteiger partial charge in [-0.1, -0.05) is 12.8 Å². The molecule has 0 radical (unpaired) electrons. The van der Waals surface area contributed by atoms with Crippen LogP contribution >= 0.6 is 0 Å². The summed E-state index contributed by atoms with van der Waals surface area (Å²) in [7, 11) is 0. The quantitative estimate of drug-likeness (QED) is 0.753. The molecule has 2 N–H and O–H groups in total. The van der Waals surface area contributed by atoms with Gasteiger partial charge in [-0.05, 0) is 26.2 Å². The van der Waals surface area contributed by atoms with Crippen LogP contribution in [0, 0.1) is 5.92 Å². The minimum atomic E-state index is 0.332. The molecule has 1 aromatic heterocycles. The van der Waals surface area contributed by atoms with E-state index in [2.05, 4.69) is 29.1 Å². The van der Waals surface area contributed by atoms with Gasteiger partial charge in [-0.15, -0.1) is 0 Å². The maximum absolute atomic E-state index is 4.25. The zero-order valence-corrected chi connectivity index (χ0v) is 8.96. The third-order valence-corrected chi connectivity index (χ3v) is 2.85. The molecule has 1 heterocycles. The van der Waals surface area contributed by atoms with Crippen LogP contribution in [0.5, 0.6) is 0 Å². The lowest BCUT2D eigenvalue weighted by Crippen LogP contribution is -2.29. The predicted molar refractivity (Wildman–Crippen MR) is 56.9 cm³/mol. The van der Waals surface area contributed by atoms with E-state index < -0.39 is 0 Å². The molecule has 0 aromatic carbocycles. The normalized spacial score (nSPS) is 20.7. The van der Waals surface area contributed by atoms with Crippen molar-refractivity contribution in [1.82, 2.24) is 15.3 Å². The van der Waals surface area contributed by atoms with Crippen LogP contribution in [0.3, 0.4) is 0 Å². The van der Waals surface area contributed by atoms with Gasteiger partial charge in [0.15, 0.2) is 0 Å². The highest BCUT2D eigenvalue weighted by Crippen LogP contribution is 2.33. The van der Waals surface area contributed by atoms with Crippen LogP contribution in [0.1, 0.15) is 45.0 Å². The molecule has 1 fully saturated rings. The Morgan fingerprint density at radius 3 is 2.93 bits per heavy atom. The average Bonchev–Trinajstić information content (AvgIpc) is 2.80. The van der Waals surface area contributed by atoms with Crippen molar-refractivity contribution < 1.29 is 0 Å². The number of hydrogen-bond acceptors (Lipinski definition) is 2. The summed E-state index contributed by atoms with van der Waals surface area (Å²) in [6.07, 6.45) is 7.85. The molecule has 3 heteroatoms. The molecule has 1 saturated carbocycles. The zero-order chi connectivity index (χ0) is 9.97. The summed E-state index contributed by atoms with van der Waals surface area (Å²) in [6, 6.07) is 0.932. The maximum Gasteiger partial charge on any atom is 0.122 e. The van der Waals surface area contributed by atoms with E-state index >= 15 is 0 Å². The number of aromatic nitrogens is 2. The van der Waals surface area contributed by atoms with E-state index in [1.54, 1.807) is 6.20 Å². The molecule has 1 aromatic rings. The number of hydrogen-bond donors (Lipinski definition) is 2. The molecule has 2 unspecified atom stereocenters. The second-order valence-electron chi connectivity index (χ2n) is 4.44. The average molecular weight is 193 g/mol. The van der Waals surface area contributed by atoms with Crippen molar-refractivity contribution in [3.63, 3.8) is 0 Å². The summed E-state index contributed by atoms with van der Waals surface area (Å²) in [5, 5.41) is 3.56. The van der Waals surface area contributed by atoms with Gasteiger partial charge in [0, 0.05) is 18.4 Å². The molecule has 0 bridgehead atoms.